The highest BCUT2D eigenvalue weighted by Crippen LogP contribution is 2.25. The fourth-order valence-electron chi connectivity index (χ4n) is 1.86. The van der Waals surface area contributed by atoms with Crippen LogP contribution in [0.25, 0.3) is 0 Å². The zero-order valence-corrected chi connectivity index (χ0v) is 11.1. The van der Waals surface area contributed by atoms with Crippen LogP contribution in [0, 0.1) is 0 Å². The van der Waals surface area contributed by atoms with Gasteiger partial charge >= 0.3 is 10.5 Å². The molecule has 0 saturated carbocycles. The summed E-state index contributed by atoms with van der Waals surface area (Å²) >= 11 is 0. The Kier molecular flexibility index (Phi) is 3.58. The topological polar surface area (TPSA) is 80.8 Å². The molecule has 1 atom stereocenters. The van der Waals surface area contributed by atoms with Gasteiger partial charge in [0.1, 0.15) is 5.75 Å². The number of nitrogens with zero attached hydrogens (tertiary/aromatic N) is 1. The summed E-state index contributed by atoms with van der Waals surface area (Å²) in [7, 11) is -5.07. The molecule has 1 aliphatic heterocycles. The van der Waals surface area contributed by atoms with Crippen molar-refractivity contribution < 1.29 is 26.1 Å². The number of benzene rings is 1. The Morgan fingerprint density at radius 3 is 2.05 bits per heavy atom. The molecule has 0 N–H and O–H groups in total. The average Bonchev–Trinajstić information content (AvgIpc) is 2.67. The summed E-state index contributed by atoms with van der Waals surface area (Å²) in [6.07, 6.45) is 2.35. The molecule has 1 heterocycles. The molecular weight excluding hydrogens is 289 g/mol. The summed E-state index contributed by atoms with van der Waals surface area (Å²) < 4.78 is 37.0. The van der Waals surface area contributed by atoms with Gasteiger partial charge in [-0.1, -0.05) is 16.0 Å². The summed E-state index contributed by atoms with van der Waals surface area (Å²) in [4.78, 5) is 24.1. The Labute approximate surface area is 114 Å². The number of halogens is 1. The van der Waals surface area contributed by atoms with E-state index in [-0.39, 0.29) is 5.75 Å². The van der Waals surface area contributed by atoms with Crippen LogP contribution in [0.2, 0.25) is 0 Å². The summed E-state index contributed by atoms with van der Waals surface area (Å²) in [6.45, 7) is 1.64. The van der Waals surface area contributed by atoms with Crippen molar-refractivity contribution in [3.63, 3.8) is 0 Å². The summed E-state index contributed by atoms with van der Waals surface area (Å²) in [5, 5.41) is 0. The van der Waals surface area contributed by atoms with Crippen LogP contribution in [0.15, 0.2) is 36.4 Å². The van der Waals surface area contributed by atoms with Gasteiger partial charge in [0, 0.05) is 12.2 Å². The molecule has 0 unspecified atom stereocenters. The van der Waals surface area contributed by atoms with Gasteiger partial charge in [0.2, 0.25) is 0 Å². The zero-order chi connectivity index (χ0) is 14.9. The molecule has 1 aromatic carbocycles. The molecule has 8 heteroatoms. The normalized spacial score (nSPS) is 16.6. The van der Waals surface area contributed by atoms with E-state index in [1.54, 1.807) is 6.92 Å². The molecule has 0 saturated heterocycles. The van der Waals surface area contributed by atoms with Crippen LogP contribution in [0.5, 0.6) is 5.75 Å². The fraction of sp³-hybridized carbons (Fsp3) is 0.167. The van der Waals surface area contributed by atoms with E-state index >= 15 is 0 Å². The second kappa shape index (κ2) is 5.04. The highest BCUT2D eigenvalue weighted by atomic mass is 32.3. The predicted octanol–water partition coefficient (Wildman–Crippen LogP) is 1.27. The lowest BCUT2D eigenvalue weighted by molar-refractivity contribution is -0.139. The van der Waals surface area contributed by atoms with Crippen LogP contribution in [0.4, 0.5) is 3.89 Å². The zero-order valence-electron chi connectivity index (χ0n) is 10.3. The van der Waals surface area contributed by atoms with E-state index in [4.69, 9.17) is 0 Å². The van der Waals surface area contributed by atoms with Gasteiger partial charge in [0.05, 0.1) is 6.04 Å². The van der Waals surface area contributed by atoms with E-state index in [0.29, 0.717) is 5.56 Å². The molecule has 1 aromatic rings. The second-order valence-electron chi connectivity index (χ2n) is 4.10. The molecule has 0 fully saturated rings. The highest BCUT2D eigenvalue weighted by molar-refractivity contribution is 7.81. The third-order valence-corrected chi connectivity index (χ3v) is 3.18. The summed E-state index contributed by atoms with van der Waals surface area (Å²) in [5.41, 5.74) is 0.582. The molecule has 6 nitrogen and oxygen atoms in total. The molecule has 2 rings (SSSR count). The number of imide groups is 1. The molecule has 20 heavy (non-hydrogen) atoms. The lowest BCUT2D eigenvalue weighted by Crippen LogP contribution is -2.32. The Bertz CT molecular complexity index is 662. The van der Waals surface area contributed by atoms with E-state index < -0.39 is 28.4 Å². The lowest BCUT2D eigenvalue weighted by Gasteiger charge is -2.22. The third-order valence-electron chi connectivity index (χ3n) is 2.79. The SMILES string of the molecule is C[C@@H](c1ccc(OS(=O)(=O)F)cc1)N1C(=O)C=CC1=O. The van der Waals surface area contributed by atoms with Crippen LogP contribution in [-0.4, -0.2) is 25.1 Å². The molecular formula is C12H10FNO5S. The highest BCUT2D eigenvalue weighted by Gasteiger charge is 2.29. The van der Waals surface area contributed by atoms with Crippen LogP contribution >= 0.6 is 0 Å². The summed E-state index contributed by atoms with van der Waals surface area (Å²) in [6, 6.07) is 4.85. The smallest absolute Gasteiger partial charge is 0.358 e. The average molecular weight is 299 g/mol. The second-order valence-corrected chi connectivity index (χ2v) is 5.05. The van der Waals surface area contributed by atoms with Crippen molar-refractivity contribution >= 4 is 22.3 Å². The minimum atomic E-state index is -5.07. The van der Waals surface area contributed by atoms with Gasteiger partial charge in [0.25, 0.3) is 11.8 Å². The molecule has 2 amide bonds. The maximum atomic E-state index is 12.3. The quantitative estimate of drug-likeness (QED) is 0.617. The molecule has 0 aromatic heterocycles. The van der Waals surface area contributed by atoms with Gasteiger partial charge < -0.3 is 4.18 Å². The van der Waals surface area contributed by atoms with Crippen molar-refractivity contribution in [2.75, 3.05) is 0 Å². The first-order valence-electron chi connectivity index (χ1n) is 5.57. The van der Waals surface area contributed by atoms with E-state index in [0.717, 1.165) is 4.90 Å². The van der Waals surface area contributed by atoms with E-state index in [1.165, 1.54) is 36.4 Å². The van der Waals surface area contributed by atoms with Crippen molar-refractivity contribution in [3.8, 4) is 5.75 Å². The molecule has 0 radical (unpaired) electrons. The Morgan fingerprint density at radius 1 is 1.10 bits per heavy atom. The lowest BCUT2D eigenvalue weighted by atomic mass is 10.1. The number of hydrogen-bond acceptors (Lipinski definition) is 5. The number of carbonyl (C=O) groups excluding carboxylic acids is 2. The van der Waals surface area contributed by atoms with Gasteiger partial charge in [0.15, 0.2) is 0 Å². The molecule has 0 aliphatic carbocycles. The first-order chi connectivity index (χ1) is 9.28. The van der Waals surface area contributed by atoms with Gasteiger partial charge in [-0.3, -0.25) is 14.5 Å². The third kappa shape index (κ3) is 3.02. The Balaban J connectivity index is 2.18. The van der Waals surface area contributed by atoms with E-state index in [2.05, 4.69) is 4.18 Å². The van der Waals surface area contributed by atoms with Crippen LogP contribution in [0.3, 0.4) is 0 Å². The first-order valence-corrected chi connectivity index (χ1v) is 6.88. The van der Waals surface area contributed by atoms with Crippen molar-refractivity contribution in [2.24, 2.45) is 0 Å². The van der Waals surface area contributed by atoms with Crippen molar-refractivity contribution in [1.29, 1.82) is 0 Å². The van der Waals surface area contributed by atoms with E-state index in [9.17, 15) is 21.9 Å². The Hall–Kier alpha value is -2.22. The van der Waals surface area contributed by atoms with Crippen LogP contribution in [-0.2, 0) is 20.1 Å². The predicted molar refractivity (Wildman–Crippen MR) is 66.5 cm³/mol. The molecule has 0 spiro atoms. The monoisotopic (exact) mass is 299 g/mol. The van der Waals surface area contributed by atoms with Gasteiger partial charge in [-0.05, 0) is 24.6 Å². The fourth-order valence-corrected chi connectivity index (χ4v) is 2.20. The minimum absolute atomic E-state index is 0.194. The maximum Gasteiger partial charge on any atom is 0.488 e. The molecule has 1 aliphatic rings. The Morgan fingerprint density at radius 2 is 1.60 bits per heavy atom. The first kappa shape index (κ1) is 14.2. The number of amides is 2. The van der Waals surface area contributed by atoms with Crippen molar-refractivity contribution in [1.82, 2.24) is 4.90 Å². The summed E-state index contributed by atoms with van der Waals surface area (Å²) in [5.74, 6) is -1.04. The van der Waals surface area contributed by atoms with Crippen LogP contribution < -0.4 is 4.18 Å². The largest absolute Gasteiger partial charge is 0.488 e. The van der Waals surface area contributed by atoms with Crippen LogP contribution in [0.1, 0.15) is 18.5 Å². The number of hydrogen-bond donors (Lipinski definition) is 0. The standard InChI is InChI=1S/C12H10FNO5S/c1-8(14-11(15)6-7-12(14)16)9-2-4-10(5-3-9)19-20(13,17)18/h2-8H,1H3/t8-/m0/s1. The van der Waals surface area contributed by atoms with Gasteiger partial charge in [-0.2, -0.15) is 8.42 Å². The van der Waals surface area contributed by atoms with Gasteiger partial charge in [-0.25, -0.2) is 0 Å². The molecule has 106 valence electrons. The number of rotatable bonds is 4. The van der Waals surface area contributed by atoms with Gasteiger partial charge in [-0.15, -0.1) is 0 Å². The maximum absolute atomic E-state index is 12.3. The van der Waals surface area contributed by atoms with Crippen molar-refractivity contribution in [2.45, 2.75) is 13.0 Å². The number of carbonyl (C=O) groups is 2. The van der Waals surface area contributed by atoms with Crippen molar-refractivity contribution in [3.05, 3.63) is 42.0 Å². The molecule has 0 bridgehead atoms. The minimum Gasteiger partial charge on any atom is -0.358 e. The van der Waals surface area contributed by atoms with E-state index in [1.807, 2.05) is 0 Å².